The van der Waals surface area contributed by atoms with E-state index in [2.05, 4.69) is 46.2 Å². The lowest BCUT2D eigenvalue weighted by molar-refractivity contribution is -0.117. The molecule has 0 saturated carbocycles. The number of halogens is 2. The number of amides is 1. The number of carbonyl (C=O) groups excluding carboxylic acids is 1. The topological polar surface area (TPSA) is 41.1 Å². The van der Waals surface area contributed by atoms with Gasteiger partial charge in [-0.25, -0.2) is 0 Å². The average molecular weight is 423 g/mol. The molecular formula is C16H24ClIN2O. The molecule has 0 spiro atoms. The van der Waals surface area contributed by atoms with Gasteiger partial charge in [-0.3, -0.25) is 4.79 Å². The van der Waals surface area contributed by atoms with Crippen molar-refractivity contribution in [3.63, 3.8) is 0 Å². The minimum Gasteiger partial charge on any atom is -0.326 e. The summed E-state index contributed by atoms with van der Waals surface area (Å²) in [7, 11) is 0. The van der Waals surface area contributed by atoms with E-state index in [1.165, 1.54) is 16.4 Å². The van der Waals surface area contributed by atoms with Gasteiger partial charge in [0.05, 0.1) is 0 Å². The van der Waals surface area contributed by atoms with Crippen molar-refractivity contribution in [3.8, 4) is 0 Å². The number of rotatable bonds is 4. The molecule has 1 aromatic rings. The molecule has 2 N–H and O–H groups in total. The van der Waals surface area contributed by atoms with Gasteiger partial charge in [0.1, 0.15) is 0 Å². The molecule has 1 heterocycles. The molecule has 1 fully saturated rings. The van der Waals surface area contributed by atoms with Crippen LogP contribution in [0.15, 0.2) is 18.2 Å². The van der Waals surface area contributed by atoms with Gasteiger partial charge in [-0.05, 0) is 91.0 Å². The van der Waals surface area contributed by atoms with Crippen molar-refractivity contribution >= 4 is 46.6 Å². The molecule has 0 radical (unpaired) electrons. The van der Waals surface area contributed by atoms with Crippen LogP contribution < -0.4 is 10.6 Å². The second-order valence-electron chi connectivity index (χ2n) is 5.78. The SMILES string of the molecule is Cc1cc(I)ccc1NC(=O)CC(C)C1CCNCC1.Cl. The fourth-order valence-electron chi connectivity index (χ4n) is 2.84. The zero-order chi connectivity index (χ0) is 14.5. The Hall–Kier alpha value is -0.330. The molecule has 1 atom stereocenters. The van der Waals surface area contributed by atoms with Crippen LogP contribution in [0.4, 0.5) is 5.69 Å². The summed E-state index contributed by atoms with van der Waals surface area (Å²) in [5.41, 5.74) is 2.06. The molecule has 1 aromatic carbocycles. The van der Waals surface area contributed by atoms with Crippen LogP contribution in [-0.4, -0.2) is 19.0 Å². The molecule has 0 aromatic heterocycles. The zero-order valence-corrected chi connectivity index (χ0v) is 15.6. The van der Waals surface area contributed by atoms with Crippen molar-refractivity contribution < 1.29 is 4.79 Å². The van der Waals surface area contributed by atoms with Crippen molar-refractivity contribution in [1.29, 1.82) is 0 Å². The number of aryl methyl sites for hydroxylation is 1. The van der Waals surface area contributed by atoms with Crippen molar-refractivity contribution in [2.45, 2.75) is 33.1 Å². The first kappa shape index (κ1) is 18.7. The first-order chi connectivity index (χ1) is 9.56. The van der Waals surface area contributed by atoms with Crippen LogP contribution in [0.1, 0.15) is 31.7 Å². The van der Waals surface area contributed by atoms with Gasteiger partial charge >= 0.3 is 0 Å². The molecule has 0 bridgehead atoms. The number of nitrogens with one attached hydrogen (secondary N) is 2. The molecule has 3 nitrogen and oxygen atoms in total. The van der Waals surface area contributed by atoms with E-state index in [-0.39, 0.29) is 18.3 Å². The van der Waals surface area contributed by atoms with Gasteiger partial charge < -0.3 is 10.6 Å². The third-order valence-corrected chi connectivity index (χ3v) is 4.83. The third kappa shape index (κ3) is 5.75. The molecule has 1 unspecified atom stereocenters. The summed E-state index contributed by atoms with van der Waals surface area (Å²) in [5.74, 6) is 1.28. The van der Waals surface area contributed by atoms with Crippen LogP contribution in [0.3, 0.4) is 0 Å². The van der Waals surface area contributed by atoms with E-state index in [4.69, 9.17) is 0 Å². The summed E-state index contributed by atoms with van der Waals surface area (Å²) in [5, 5.41) is 6.42. The first-order valence-electron chi connectivity index (χ1n) is 7.33. The maximum Gasteiger partial charge on any atom is 0.224 e. The predicted molar refractivity (Wildman–Crippen MR) is 99.1 cm³/mol. The second kappa shape index (κ2) is 8.96. The van der Waals surface area contributed by atoms with E-state index < -0.39 is 0 Å². The molecule has 118 valence electrons. The summed E-state index contributed by atoms with van der Waals surface area (Å²) in [6.45, 7) is 6.42. The largest absolute Gasteiger partial charge is 0.326 e. The van der Waals surface area contributed by atoms with Gasteiger partial charge in [-0.15, -0.1) is 12.4 Å². The van der Waals surface area contributed by atoms with Crippen molar-refractivity contribution in [3.05, 3.63) is 27.3 Å². The van der Waals surface area contributed by atoms with Crippen LogP contribution in [0, 0.1) is 22.3 Å². The number of benzene rings is 1. The number of hydrogen-bond donors (Lipinski definition) is 2. The van der Waals surface area contributed by atoms with E-state index in [9.17, 15) is 4.79 Å². The minimum absolute atomic E-state index is 0. The standard InChI is InChI=1S/C16H23IN2O.ClH/c1-11(13-5-7-18-8-6-13)10-16(20)19-15-4-3-14(17)9-12(15)2;/h3-4,9,11,13,18H,5-8,10H2,1-2H3,(H,19,20);1H. The second-order valence-corrected chi connectivity index (χ2v) is 7.02. The van der Waals surface area contributed by atoms with Crippen LogP contribution in [-0.2, 0) is 4.79 Å². The highest BCUT2D eigenvalue weighted by Gasteiger charge is 2.22. The summed E-state index contributed by atoms with van der Waals surface area (Å²) in [6.07, 6.45) is 3.00. The third-order valence-electron chi connectivity index (χ3n) is 4.16. The molecule has 2 rings (SSSR count). The molecule has 21 heavy (non-hydrogen) atoms. The van der Waals surface area contributed by atoms with E-state index in [1.807, 2.05) is 19.1 Å². The highest BCUT2D eigenvalue weighted by molar-refractivity contribution is 14.1. The maximum atomic E-state index is 12.2. The summed E-state index contributed by atoms with van der Waals surface area (Å²) >= 11 is 2.29. The molecular weight excluding hydrogens is 399 g/mol. The summed E-state index contributed by atoms with van der Waals surface area (Å²) < 4.78 is 1.20. The average Bonchev–Trinajstić information content (AvgIpc) is 2.43. The van der Waals surface area contributed by atoms with Crippen molar-refractivity contribution in [2.75, 3.05) is 18.4 Å². The van der Waals surface area contributed by atoms with Gasteiger partial charge in [-0.2, -0.15) is 0 Å². The monoisotopic (exact) mass is 422 g/mol. The van der Waals surface area contributed by atoms with Crippen LogP contribution >= 0.6 is 35.0 Å². The van der Waals surface area contributed by atoms with Crippen molar-refractivity contribution in [2.24, 2.45) is 11.8 Å². The van der Waals surface area contributed by atoms with Gasteiger partial charge in [-0.1, -0.05) is 6.92 Å². The number of carbonyl (C=O) groups is 1. The molecule has 1 aliphatic rings. The zero-order valence-electron chi connectivity index (χ0n) is 12.6. The lowest BCUT2D eigenvalue weighted by Crippen LogP contribution is -2.32. The molecule has 1 saturated heterocycles. The van der Waals surface area contributed by atoms with E-state index in [0.717, 1.165) is 24.3 Å². The smallest absolute Gasteiger partial charge is 0.224 e. The van der Waals surface area contributed by atoms with Crippen LogP contribution in [0.2, 0.25) is 0 Å². The Labute approximate surface area is 147 Å². The van der Waals surface area contributed by atoms with E-state index in [1.54, 1.807) is 0 Å². The fraction of sp³-hybridized carbons (Fsp3) is 0.562. The Kier molecular flexibility index (Phi) is 7.98. The maximum absolute atomic E-state index is 12.2. The van der Waals surface area contributed by atoms with Gasteiger partial charge in [0.2, 0.25) is 5.91 Å². The first-order valence-corrected chi connectivity index (χ1v) is 8.41. The summed E-state index contributed by atoms with van der Waals surface area (Å²) in [6, 6.07) is 6.11. The quantitative estimate of drug-likeness (QED) is 0.721. The number of anilines is 1. The molecule has 1 amide bonds. The molecule has 5 heteroatoms. The van der Waals surface area contributed by atoms with Crippen LogP contribution in [0.25, 0.3) is 0 Å². The lowest BCUT2D eigenvalue weighted by Gasteiger charge is -2.28. The lowest BCUT2D eigenvalue weighted by atomic mass is 9.84. The Morgan fingerprint density at radius 3 is 2.71 bits per heavy atom. The van der Waals surface area contributed by atoms with Gasteiger partial charge in [0.25, 0.3) is 0 Å². The highest BCUT2D eigenvalue weighted by atomic mass is 127. The fourth-order valence-corrected chi connectivity index (χ4v) is 3.49. The van der Waals surface area contributed by atoms with Gasteiger partial charge in [0, 0.05) is 15.7 Å². The Morgan fingerprint density at radius 2 is 2.10 bits per heavy atom. The molecule has 1 aliphatic heterocycles. The van der Waals surface area contributed by atoms with Crippen LogP contribution in [0.5, 0.6) is 0 Å². The van der Waals surface area contributed by atoms with E-state index in [0.29, 0.717) is 18.3 Å². The minimum atomic E-state index is 0. The van der Waals surface area contributed by atoms with Crippen molar-refractivity contribution in [1.82, 2.24) is 5.32 Å². The normalized spacial score (nSPS) is 16.9. The Morgan fingerprint density at radius 1 is 1.43 bits per heavy atom. The number of piperidine rings is 1. The highest BCUT2D eigenvalue weighted by Crippen LogP contribution is 2.25. The number of hydrogen-bond acceptors (Lipinski definition) is 2. The molecule has 0 aliphatic carbocycles. The summed E-state index contributed by atoms with van der Waals surface area (Å²) in [4.78, 5) is 12.2. The Balaban J connectivity index is 0.00000220. The predicted octanol–water partition coefficient (Wildman–Crippen LogP) is 3.99. The Bertz CT molecular complexity index is 475. The van der Waals surface area contributed by atoms with E-state index >= 15 is 0 Å². The van der Waals surface area contributed by atoms with Gasteiger partial charge in [0.15, 0.2) is 0 Å².